The predicted octanol–water partition coefficient (Wildman–Crippen LogP) is 3.62. The summed E-state index contributed by atoms with van der Waals surface area (Å²) >= 11 is 1.80. The van der Waals surface area contributed by atoms with E-state index in [4.69, 9.17) is 5.73 Å². The van der Waals surface area contributed by atoms with E-state index in [1.165, 1.54) is 15.3 Å². The molecule has 0 saturated carbocycles. The fourth-order valence-electron chi connectivity index (χ4n) is 1.44. The Bertz CT molecular complexity index is 310. The molecule has 0 aliphatic heterocycles. The Morgan fingerprint density at radius 2 is 2.08 bits per heavy atom. The molecule has 13 heavy (non-hydrogen) atoms. The van der Waals surface area contributed by atoms with Crippen LogP contribution in [0, 0.1) is 6.92 Å². The van der Waals surface area contributed by atoms with Crippen molar-refractivity contribution in [1.82, 2.24) is 0 Å². The zero-order valence-electron chi connectivity index (χ0n) is 8.55. The van der Waals surface area contributed by atoms with Crippen LogP contribution in [0.1, 0.15) is 35.6 Å². The molecule has 2 N–H and O–H groups in total. The maximum atomic E-state index is 5.90. The lowest BCUT2D eigenvalue weighted by molar-refractivity contribution is 0.998. The average molecular weight is 195 g/mol. The first-order valence-electron chi connectivity index (χ1n) is 4.83. The predicted molar refractivity (Wildman–Crippen MR) is 62.2 cm³/mol. The number of allylic oxidation sites excluding steroid dienone is 1. The van der Waals surface area contributed by atoms with Crippen molar-refractivity contribution in [2.75, 3.05) is 5.73 Å². The highest BCUT2D eigenvalue weighted by atomic mass is 32.1. The lowest BCUT2D eigenvalue weighted by Gasteiger charge is -2.04. The van der Waals surface area contributed by atoms with Gasteiger partial charge in [-0.3, -0.25) is 0 Å². The molecular weight excluding hydrogens is 178 g/mol. The summed E-state index contributed by atoms with van der Waals surface area (Å²) in [7, 11) is 0. The second-order valence-corrected chi connectivity index (χ2v) is 4.11. The minimum atomic E-state index is 1.02. The Balaban J connectivity index is 0.000000396. The largest absolute Gasteiger partial charge is 0.398 e. The van der Waals surface area contributed by atoms with E-state index >= 15 is 0 Å². The van der Waals surface area contributed by atoms with Crippen molar-refractivity contribution in [2.24, 2.45) is 0 Å². The first-order valence-corrected chi connectivity index (χ1v) is 5.65. The van der Waals surface area contributed by atoms with Gasteiger partial charge in [0.25, 0.3) is 0 Å². The maximum absolute atomic E-state index is 5.90. The third kappa shape index (κ3) is 1.94. The summed E-state index contributed by atoms with van der Waals surface area (Å²) in [4.78, 5) is 2.63. The van der Waals surface area contributed by atoms with Crippen molar-refractivity contribution >= 4 is 23.1 Å². The molecule has 1 heterocycles. The molecule has 1 aromatic rings. The Hall–Kier alpha value is -0.760. The molecule has 72 valence electrons. The van der Waals surface area contributed by atoms with E-state index in [1.807, 2.05) is 13.8 Å². The summed E-state index contributed by atoms with van der Waals surface area (Å²) in [5.74, 6) is 0. The number of anilines is 1. The number of rotatable bonds is 0. The van der Waals surface area contributed by atoms with Crippen molar-refractivity contribution in [3.8, 4) is 0 Å². The summed E-state index contributed by atoms with van der Waals surface area (Å²) in [6.45, 7) is 6.09. The first-order chi connectivity index (χ1) is 6.29. The average Bonchev–Trinajstić information content (AvgIpc) is 2.47. The van der Waals surface area contributed by atoms with Crippen molar-refractivity contribution in [3.05, 3.63) is 21.4 Å². The molecule has 0 bridgehead atoms. The smallest absolute Gasteiger partial charge is 0.0491 e. The van der Waals surface area contributed by atoms with Crippen LogP contribution in [0.4, 0.5) is 5.69 Å². The van der Waals surface area contributed by atoms with E-state index in [-0.39, 0.29) is 0 Å². The molecule has 1 aromatic heterocycles. The van der Waals surface area contributed by atoms with Gasteiger partial charge in [0.15, 0.2) is 0 Å². The molecule has 0 fully saturated rings. The minimum absolute atomic E-state index is 1.02. The van der Waals surface area contributed by atoms with Gasteiger partial charge in [0, 0.05) is 15.4 Å². The molecule has 0 atom stereocenters. The number of hydrogen-bond acceptors (Lipinski definition) is 2. The molecule has 0 saturated heterocycles. The summed E-state index contributed by atoms with van der Waals surface area (Å²) in [5.41, 5.74) is 8.29. The number of nitrogen functional groups attached to an aromatic ring is 1. The van der Waals surface area contributed by atoms with Crippen LogP contribution in [-0.4, -0.2) is 0 Å². The number of fused-ring (bicyclic) bond motifs is 1. The van der Waals surface area contributed by atoms with Gasteiger partial charge in [-0.05, 0) is 31.4 Å². The van der Waals surface area contributed by atoms with Gasteiger partial charge in [0.05, 0.1) is 0 Å². The van der Waals surface area contributed by atoms with Gasteiger partial charge in [-0.25, -0.2) is 0 Å². The standard InChI is InChI=1S/C9H11NS.C2H6/c1-6-9(10)7-4-2-3-5-8(7)11-6;1-2/h3,5H,2,4,10H2,1H3;1-2H3. The van der Waals surface area contributed by atoms with Gasteiger partial charge in [-0.1, -0.05) is 19.9 Å². The Kier molecular flexibility index (Phi) is 3.55. The topological polar surface area (TPSA) is 26.0 Å². The van der Waals surface area contributed by atoms with E-state index in [0.29, 0.717) is 0 Å². The van der Waals surface area contributed by atoms with Crippen molar-refractivity contribution < 1.29 is 0 Å². The number of aryl methyl sites for hydroxylation is 1. The fourth-order valence-corrected chi connectivity index (χ4v) is 2.50. The fraction of sp³-hybridized carbons (Fsp3) is 0.455. The van der Waals surface area contributed by atoms with Gasteiger partial charge in [-0.2, -0.15) is 0 Å². The third-order valence-electron chi connectivity index (χ3n) is 2.10. The Morgan fingerprint density at radius 3 is 2.69 bits per heavy atom. The lowest BCUT2D eigenvalue weighted by Crippen LogP contribution is -1.94. The quantitative estimate of drug-likeness (QED) is 0.672. The van der Waals surface area contributed by atoms with Crippen molar-refractivity contribution in [1.29, 1.82) is 0 Å². The molecule has 0 radical (unpaired) electrons. The van der Waals surface area contributed by atoms with Crippen LogP contribution in [-0.2, 0) is 6.42 Å². The van der Waals surface area contributed by atoms with Crippen molar-refractivity contribution in [3.63, 3.8) is 0 Å². The SMILES string of the molecule is CC.Cc1sc2c(c1N)CCC=C2. The Labute approximate surface area is 84.3 Å². The molecule has 0 aromatic carbocycles. The van der Waals surface area contributed by atoms with E-state index in [9.17, 15) is 0 Å². The van der Waals surface area contributed by atoms with Crippen LogP contribution in [0.25, 0.3) is 6.08 Å². The highest BCUT2D eigenvalue weighted by molar-refractivity contribution is 7.13. The summed E-state index contributed by atoms with van der Waals surface area (Å²) in [6.07, 6.45) is 6.68. The van der Waals surface area contributed by atoms with E-state index in [0.717, 1.165) is 18.5 Å². The van der Waals surface area contributed by atoms with E-state index in [2.05, 4.69) is 19.1 Å². The summed E-state index contributed by atoms with van der Waals surface area (Å²) in [6, 6.07) is 0. The van der Waals surface area contributed by atoms with E-state index < -0.39 is 0 Å². The molecule has 1 aliphatic carbocycles. The number of thiophene rings is 1. The van der Waals surface area contributed by atoms with Gasteiger partial charge < -0.3 is 5.73 Å². The normalized spacial score (nSPS) is 13.2. The molecule has 0 unspecified atom stereocenters. The maximum Gasteiger partial charge on any atom is 0.0491 e. The van der Waals surface area contributed by atoms with Crippen LogP contribution in [0.2, 0.25) is 0 Å². The molecule has 0 amide bonds. The van der Waals surface area contributed by atoms with Crippen LogP contribution < -0.4 is 5.73 Å². The third-order valence-corrected chi connectivity index (χ3v) is 3.22. The zero-order valence-corrected chi connectivity index (χ0v) is 9.37. The molecule has 2 heteroatoms. The molecule has 1 aliphatic rings. The van der Waals surface area contributed by atoms with Crippen LogP contribution in [0.15, 0.2) is 6.08 Å². The van der Waals surface area contributed by atoms with E-state index in [1.54, 1.807) is 11.3 Å². The summed E-state index contributed by atoms with van der Waals surface area (Å²) < 4.78 is 0. The summed E-state index contributed by atoms with van der Waals surface area (Å²) in [5, 5.41) is 0. The molecule has 1 nitrogen and oxygen atoms in total. The van der Waals surface area contributed by atoms with Crippen molar-refractivity contribution in [2.45, 2.75) is 33.6 Å². The lowest BCUT2D eigenvalue weighted by atomic mass is 10.0. The Morgan fingerprint density at radius 1 is 1.38 bits per heavy atom. The van der Waals surface area contributed by atoms with Crippen LogP contribution in [0.3, 0.4) is 0 Å². The zero-order chi connectivity index (χ0) is 9.84. The number of nitrogens with two attached hydrogens (primary N) is 1. The monoisotopic (exact) mass is 195 g/mol. The molecular formula is C11H17NS. The van der Waals surface area contributed by atoms with Gasteiger partial charge >= 0.3 is 0 Å². The van der Waals surface area contributed by atoms with Crippen LogP contribution in [0.5, 0.6) is 0 Å². The molecule has 0 spiro atoms. The highest BCUT2D eigenvalue weighted by Crippen LogP contribution is 2.34. The number of hydrogen-bond donors (Lipinski definition) is 1. The molecule has 2 rings (SSSR count). The minimum Gasteiger partial charge on any atom is -0.398 e. The first kappa shape index (κ1) is 10.3. The highest BCUT2D eigenvalue weighted by Gasteiger charge is 2.12. The van der Waals surface area contributed by atoms with Gasteiger partial charge in [-0.15, -0.1) is 11.3 Å². The second-order valence-electron chi connectivity index (χ2n) is 2.86. The van der Waals surface area contributed by atoms with Crippen LogP contribution >= 0.6 is 11.3 Å². The van der Waals surface area contributed by atoms with Gasteiger partial charge in [0.1, 0.15) is 0 Å². The second kappa shape index (κ2) is 4.47. The van der Waals surface area contributed by atoms with Gasteiger partial charge in [0.2, 0.25) is 0 Å².